The number of aliphatic hydroxyl groups excluding tert-OH is 1. The van der Waals surface area contributed by atoms with Gasteiger partial charge in [-0.3, -0.25) is 4.79 Å². The molecule has 0 aliphatic heterocycles. The average molecular weight is 771 g/mol. The van der Waals surface area contributed by atoms with Gasteiger partial charge in [0.15, 0.2) is 0 Å². The van der Waals surface area contributed by atoms with Gasteiger partial charge in [0.2, 0.25) is 0 Å². The van der Waals surface area contributed by atoms with Crippen LogP contribution in [-0.4, -0.2) is 37.0 Å². The third kappa shape index (κ3) is 46.6. The molecule has 0 aromatic heterocycles. The fourth-order valence-corrected chi connectivity index (χ4v) is 7.09. The van der Waals surface area contributed by atoms with Crippen LogP contribution in [0.1, 0.15) is 245 Å². The van der Waals surface area contributed by atoms with Crippen LogP contribution in [0.5, 0.6) is 0 Å². The number of aliphatic hydroxyl groups is 1. The van der Waals surface area contributed by atoms with E-state index in [-0.39, 0.29) is 12.6 Å². The van der Waals surface area contributed by atoms with Gasteiger partial charge in [-0.2, -0.15) is 0 Å². The minimum atomic E-state index is -0.537. The number of rotatable bonds is 45. The SMILES string of the molecule is CC/C=C\C/C=C\C/C=C\C/C=C\CCCCCCCCCCCOCC(CO)OC(=O)CCCCCCCCCCCCCCCCCCCCCCC. The van der Waals surface area contributed by atoms with Crippen molar-refractivity contribution in [2.24, 2.45) is 0 Å². The highest BCUT2D eigenvalue weighted by Gasteiger charge is 2.13. The monoisotopic (exact) mass is 771 g/mol. The summed E-state index contributed by atoms with van der Waals surface area (Å²) in [5, 5.41) is 9.64. The Balaban J connectivity index is 3.40. The second-order valence-electron chi connectivity index (χ2n) is 16.2. The molecule has 0 bridgehead atoms. The number of unbranched alkanes of at least 4 members (excludes halogenated alkanes) is 29. The number of hydrogen-bond donors (Lipinski definition) is 1. The Morgan fingerprint density at radius 1 is 0.455 bits per heavy atom. The summed E-state index contributed by atoms with van der Waals surface area (Å²) in [7, 11) is 0. The molecule has 1 unspecified atom stereocenters. The Hall–Kier alpha value is -1.65. The average Bonchev–Trinajstić information content (AvgIpc) is 3.19. The van der Waals surface area contributed by atoms with Crippen molar-refractivity contribution in [1.82, 2.24) is 0 Å². The van der Waals surface area contributed by atoms with Crippen LogP contribution < -0.4 is 0 Å². The van der Waals surface area contributed by atoms with E-state index in [2.05, 4.69) is 62.5 Å². The summed E-state index contributed by atoms with van der Waals surface area (Å²) in [5.74, 6) is -0.199. The molecule has 0 fully saturated rings. The van der Waals surface area contributed by atoms with Crippen molar-refractivity contribution in [3.05, 3.63) is 48.6 Å². The summed E-state index contributed by atoms with van der Waals surface area (Å²) in [6, 6.07) is 0. The van der Waals surface area contributed by atoms with E-state index in [4.69, 9.17) is 9.47 Å². The first kappa shape index (κ1) is 53.4. The molecule has 1 N–H and O–H groups in total. The van der Waals surface area contributed by atoms with Gasteiger partial charge in [0.05, 0.1) is 13.2 Å². The van der Waals surface area contributed by atoms with Gasteiger partial charge in [-0.15, -0.1) is 0 Å². The van der Waals surface area contributed by atoms with Crippen molar-refractivity contribution < 1.29 is 19.4 Å². The Morgan fingerprint density at radius 2 is 0.818 bits per heavy atom. The van der Waals surface area contributed by atoms with E-state index in [0.717, 1.165) is 44.9 Å². The molecule has 0 radical (unpaired) electrons. The molecular formula is C51H94O4. The normalized spacial score (nSPS) is 12.7. The molecule has 0 amide bonds. The molecule has 1 atom stereocenters. The molecule has 55 heavy (non-hydrogen) atoms. The van der Waals surface area contributed by atoms with Crippen molar-refractivity contribution in [3.63, 3.8) is 0 Å². The molecular weight excluding hydrogens is 677 g/mol. The van der Waals surface area contributed by atoms with Crippen LogP contribution in [0, 0.1) is 0 Å². The van der Waals surface area contributed by atoms with Crippen molar-refractivity contribution in [3.8, 4) is 0 Å². The van der Waals surface area contributed by atoms with E-state index in [0.29, 0.717) is 19.6 Å². The van der Waals surface area contributed by atoms with Gasteiger partial charge < -0.3 is 14.6 Å². The highest BCUT2D eigenvalue weighted by atomic mass is 16.6. The molecule has 0 saturated heterocycles. The zero-order valence-electron chi connectivity index (χ0n) is 36.9. The van der Waals surface area contributed by atoms with E-state index in [1.165, 1.54) is 180 Å². The van der Waals surface area contributed by atoms with E-state index in [1.807, 2.05) is 0 Å². The maximum atomic E-state index is 12.3. The van der Waals surface area contributed by atoms with Crippen LogP contribution in [0.3, 0.4) is 0 Å². The Kier molecular flexibility index (Phi) is 47.0. The molecule has 0 saturated carbocycles. The first-order valence-electron chi connectivity index (χ1n) is 24.2. The number of esters is 1. The first-order chi connectivity index (χ1) is 27.2. The van der Waals surface area contributed by atoms with Crippen LogP contribution in [-0.2, 0) is 14.3 Å². The lowest BCUT2D eigenvalue weighted by atomic mass is 10.0. The van der Waals surface area contributed by atoms with Crippen molar-refractivity contribution in [2.75, 3.05) is 19.8 Å². The highest BCUT2D eigenvalue weighted by molar-refractivity contribution is 5.69. The molecule has 0 aromatic rings. The fraction of sp³-hybridized carbons (Fsp3) is 0.824. The third-order valence-corrected chi connectivity index (χ3v) is 10.7. The summed E-state index contributed by atoms with van der Waals surface area (Å²) in [6.07, 6.45) is 63.4. The van der Waals surface area contributed by atoms with Crippen LogP contribution in [0.15, 0.2) is 48.6 Å². The van der Waals surface area contributed by atoms with Crippen LogP contribution in [0.2, 0.25) is 0 Å². The van der Waals surface area contributed by atoms with Crippen LogP contribution in [0.4, 0.5) is 0 Å². The lowest BCUT2D eigenvalue weighted by Gasteiger charge is -2.16. The standard InChI is InChI=1S/C51H94O4/c1-3-5-7-9-11-13-15-17-19-21-23-25-27-29-31-33-35-37-39-41-43-45-47-54-49-50(48-52)55-51(53)46-44-42-40-38-36-34-32-30-28-26-24-22-20-18-16-14-12-10-8-6-4-2/h5,7,11,13,17,19,23,25,50,52H,3-4,6,8-10,12,14-16,18,20-22,24,26-49H2,1-2H3/b7-5-,13-11-,19-17-,25-23-. The van der Waals surface area contributed by atoms with E-state index < -0.39 is 6.10 Å². The van der Waals surface area contributed by atoms with Crippen LogP contribution in [0.25, 0.3) is 0 Å². The zero-order chi connectivity index (χ0) is 39.8. The summed E-state index contributed by atoms with van der Waals surface area (Å²) in [4.78, 5) is 12.3. The molecule has 0 heterocycles. The van der Waals surface area contributed by atoms with E-state index in [9.17, 15) is 9.90 Å². The summed E-state index contributed by atoms with van der Waals surface area (Å²) >= 11 is 0. The Labute approximate surface area is 343 Å². The number of ether oxygens (including phenoxy) is 2. The molecule has 4 heteroatoms. The number of carbonyl (C=O) groups is 1. The van der Waals surface area contributed by atoms with E-state index in [1.54, 1.807) is 0 Å². The number of hydrogen-bond acceptors (Lipinski definition) is 4. The van der Waals surface area contributed by atoms with Crippen molar-refractivity contribution in [2.45, 2.75) is 251 Å². The maximum absolute atomic E-state index is 12.3. The highest BCUT2D eigenvalue weighted by Crippen LogP contribution is 2.16. The molecule has 0 rings (SSSR count). The van der Waals surface area contributed by atoms with Crippen molar-refractivity contribution >= 4 is 5.97 Å². The topological polar surface area (TPSA) is 55.8 Å². The van der Waals surface area contributed by atoms with Gasteiger partial charge in [-0.05, 0) is 51.4 Å². The van der Waals surface area contributed by atoms with Crippen molar-refractivity contribution in [1.29, 1.82) is 0 Å². The smallest absolute Gasteiger partial charge is 0.306 e. The summed E-state index contributed by atoms with van der Waals surface area (Å²) < 4.78 is 11.2. The molecule has 0 aromatic carbocycles. The lowest BCUT2D eigenvalue weighted by Crippen LogP contribution is -2.27. The molecule has 0 spiro atoms. The molecule has 322 valence electrons. The molecule has 4 nitrogen and oxygen atoms in total. The molecule has 0 aliphatic carbocycles. The predicted octanol–water partition coefficient (Wildman–Crippen LogP) is 16.2. The van der Waals surface area contributed by atoms with Gasteiger partial charge in [0, 0.05) is 13.0 Å². The van der Waals surface area contributed by atoms with Gasteiger partial charge in [-0.25, -0.2) is 0 Å². The largest absolute Gasteiger partial charge is 0.457 e. The Bertz CT molecular complexity index is 859. The zero-order valence-corrected chi connectivity index (χ0v) is 36.9. The third-order valence-electron chi connectivity index (χ3n) is 10.7. The molecule has 0 aliphatic rings. The second-order valence-corrected chi connectivity index (χ2v) is 16.2. The van der Waals surface area contributed by atoms with Crippen LogP contribution >= 0.6 is 0 Å². The van der Waals surface area contributed by atoms with E-state index >= 15 is 0 Å². The van der Waals surface area contributed by atoms with Gasteiger partial charge in [-0.1, -0.05) is 236 Å². The minimum Gasteiger partial charge on any atom is -0.457 e. The van der Waals surface area contributed by atoms with Gasteiger partial charge >= 0.3 is 5.97 Å². The van der Waals surface area contributed by atoms with Gasteiger partial charge in [0.1, 0.15) is 6.10 Å². The number of carbonyl (C=O) groups excluding carboxylic acids is 1. The summed E-state index contributed by atoms with van der Waals surface area (Å²) in [5.41, 5.74) is 0. The summed E-state index contributed by atoms with van der Waals surface area (Å²) in [6.45, 7) is 5.25. The predicted molar refractivity (Wildman–Crippen MR) is 242 cm³/mol. The second kappa shape index (κ2) is 48.5. The minimum absolute atomic E-state index is 0.172. The Morgan fingerprint density at radius 3 is 1.24 bits per heavy atom. The van der Waals surface area contributed by atoms with Gasteiger partial charge in [0.25, 0.3) is 0 Å². The maximum Gasteiger partial charge on any atom is 0.306 e. The first-order valence-corrected chi connectivity index (χ1v) is 24.2. The fourth-order valence-electron chi connectivity index (χ4n) is 7.09. The quantitative estimate of drug-likeness (QED) is 0.0381. The lowest BCUT2D eigenvalue weighted by molar-refractivity contribution is -0.154. The number of allylic oxidation sites excluding steroid dienone is 8.